The van der Waals surface area contributed by atoms with Crippen LogP contribution in [-0.4, -0.2) is 63.3 Å². The summed E-state index contributed by atoms with van der Waals surface area (Å²) in [5.74, 6) is 2.10. The van der Waals surface area contributed by atoms with Crippen molar-refractivity contribution >= 4 is 11.9 Å². The topological polar surface area (TPSA) is 72.4 Å². The van der Waals surface area contributed by atoms with Crippen molar-refractivity contribution in [3.63, 3.8) is 0 Å². The van der Waals surface area contributed by atoms with Crippen molar-refractivity contribution in [1.82, 2.24) is 10.2 Å². The zero-order valence-electron chi connectivity index (χ0n) is 16.7. The SMILES string of the molecule is CCOC(=O)C1CCCN(C(=NC)NCC(C)Oc2cccc(OC)c2)C1. The highest BCUT2D eigenvalue weighted by atomic mass is 16.5. The summed E-state index contributed by atoms with van der Waals surface area (Å²) in [5.41, 5.74) is 0. The second-order valence-electron chi connectivity index (χ2n) is 6.57. The first-order valence-electron chi connectivity index (χ1n) is 9.50. The minimum Gasteiger partial charge on any atom is -0.497 e. The summed E-state index contributed by atoms with van der Waals surface area (Å²) >= 11 is 0. The molecule has 2 rings (SSSR count). The van der Waals surface area contributed by atoms with Crippen molar-refractivity contribution in [2.24, 2.45) is 10.9 Å². The highest BCUT2D eigenvalue weighted by molar-refractivity contribution is 5.81. The number of methoxy groups -OCH3 is 1. The van der Waals surface area contributed by atoms with E-state index in [1.165, 1.54) is 0 Å². The predicted octanol–water partition coefficient (Wildman–Crippen LogP) is 2.31. The van der Waals surface area contributed by atoms with E-state index in [9.17, 15) is 4.79 Å². The largest absolute Gasteiger partial charge is 0.497 e. The number of carbonyl (C=O) groups is 1. The van der Waals surface area contributed by atoms with Crippen LogP contribution >= 0.6 is 0 Å². The molecule has 0 aromatic heterocycles. The number of likely N-dealkylation sites (tertiary alicyclic amines) is 1. The molecule has 1 aromatic carbocycles. The smallest absolute Gasteiger partial charge is 0.310 e. The number of benzene rings is 1. The van der Waals surface area contributed by atoms with Gasteiger partial charge in [0, 0.05) is 26.2 Å². The number of aliphatic imine (C=N–C) groups is 1. The molecule has 1 aliphatic heterocycles. The van der Waals surface area contributed by atoms with Gasteiger partial charge in [-0.05, 0) is 38.8 Å². The summed E-state index contributed by atoms with van der Waals surface area (Å²) in [6.07, 6.45) is 1.75. The quantitative estimate of drug-likeness (QED) is 0.447. The van der Waals surface area contributed by atoms with E-state index >= 15 is 0 Å². The molecule has 0 amide bonds. The van der Waals surface area contributed by atoms with Gasteiger partial charge in [-0.15, -0.1) is 0 Å². The van der Waals surface area contributed by atoms with Crippen LogP contribution in [0.25, 0.3) is 0 Å². The molecule has 1 N–H and O–H groups in total. The van der Waals surface area contributed by atoms with Gasteiger partial charge in [-0.2, -0.15) is 0 Å². The monoisotopic (exact) mass is 377 g/mol. The Morgan fingerprint density at radius 3 is 2.89 bits per heavy atom. The molecule has 1 aromatic rings. The summed E-state index contributed by atoms with van der Waals surface area (Å²) in [7, 11) is 3.39. The molecular formula is C20H31N3O4. The molecule has 0 aliphatic carbocycles. The number of nitrogens with zero attached hydrogens (tertiary/aromatic N) is 2. The molecule has 1 heterocycles. The summed E-state index contributed by atoms with van der Waals surface area (Å²) in [6, 6.07) is 7.55. The fourth-order valence-corrected chi connectivity index (χ4v) is 3.14. The molecule has 0 saturated carbocycles. The number of rotatable bonds is 7. The van der Waals surface area contributed by atoms with Gasteiger partial charge in [0.05, 0.1) is 26.2 Å². The van der Waals surface area contributed by atoms with Crippen molar-refractivity contribution in [1.29, 1.82) is 0 Å². The maximum Gasteiger partial charge on any atom is 0.310 e. The normalized spacial score (nSPS) is 18.6. The van der Waals surface area contributed by atoms with E-state index in [1.54, 1.807) is 14.2 Å². The Bertz CT molecular complexity index is 635. The molecule has 7 heteroatoms. The zero-order chi connectivity index (χ0) is 19.6. The number of hydrogen-bond acceptors (Lipinski definition) is 5. The lowest BCUT2D eigenvalue weighted by atomic mass is 9.98. The number of nitrogens with one attached hydrogen (secondary N) is 1. The maximum absolute atomic E-state index is 12.0. The molecule has 27 heavy (non-hydrogen) atoms. The Hall–Kier alpha value is -2.44. The van der Waals surface area contributed by atoms with Crippen molar-refractivity contribution in [2.45, 2.75) is 32.8 Å². The van der Waals surface area contributed by atoms with E-state index in [2.05, 4.69) is 15.2 Å². The average Bonchev–Trinajstić information content (AvgIpc) is 2.69. The third-order valence-corrected chi connectivity index (χ3v) is 4.48. The van der Waals surface area contributed by atoms with E-state index in [-0.39, 0.29) is 18.0 Å². The van der Waals surface area contributed by atoms with Gasteiger partial charge >= 0.3 is 5.97 Å². The predicted molar refractivity (Wildman–Crippen MR) is 105 cm³/mol. The molecule has 0 bridgehead atoms. The van der Waals surface area contributed by atoms with Crippen LogP contribution in [0.2, 0.25) is 0 Å². The molecular weight excluding hydrogens is 346 g/mol. The molecule has 0 spiro atoms. The first-order valence-corrected chi connectivity index (χ1v) is 9.50. The van der Waals surface area contributed by atoms with E-state index < -0.39 is 0 Å². The van der Waals surface area contributed by atoms with Crippen molar-refractivity contribution in [3.8, 4) is 11.5 Å². The van der Waals surface area contributed by atoms with Gasteiger partial charge in [0.1, 0.15) is 17.6 Å². The number of piperidine rings is 1. The molecule has 0 radical (unpaired) electrons. The number of esters is 1. The highest BCUT2D eigenvalue weighted by Crippen LogP contribution is 2.20. The van der Waals surface area contributed by atoms with E-state index in [0.717, 1.165) is 36.8 Å². The molecule has 1 aliphatic rings. The second-order valence-corrected chi connectivity index (χ2v) is 6.57. The first kappa shape index (κ1) is 20.9. The molecule has 1 fully saturated rings. The van der Waals surface area contributed by atoms with Gasteiger partial charge in [-0.25, -0.2) is 0 Å². The third-order valence-electron chi connectivity index (χ3n) is 4.48. The Kier molecular flexibility index (Phi) is 8.23. The minimum atomic E-state index is -0.118. The van der Waals surface area contributed by atoms with Gasteiger partial charge in [0.25, 0.3) is 0 Å². The van der Waals surface area contributed by atoms with Crippen LogP contribution in [0, 0.1) is 5.92 Å². The maximum atomic E-state index is 12.0. The fraction of sp³-hybridized carbons (Fsp3) is 0.600. The van der Waals surface area contributed by atoms with Gasteiger partial charge in [0.2, 0.25) is 0 Å². The van der Waals surface area contributed by atoms with Gasteiger partial charge in [-0.1, -0.05) is 6.07 Å². The average molecular weight is 377 g/mol. The Morgan fingerprint density at radius 1 is 1.41 bits per heavy atom. The summed E-state index contributed by atoms with van der Waals surface area (Å²) in [4.78, 5) is 18.5. The van der Waals surface area contributed by atoms with Crippen LogP contribution in [-0.2, 0) is 9.53 Å². The molecule has 7 nitrogen and oxygen atoms in total. The second kappa shape index (κ2) is 10.6. The molecule has 2 unspecified atom stereocenters. The van der Waals surface area contributed by atoms with Crippen molar-refractivity contribution in [3.05, 3.63) is 24.3 Å². The summed E-state index contributed by atoms with van der Waals surface area (Å²) in [6.45, 7) is 6.36. The first-order chi connectivity index (χ1) is 13.1. The van der Waals surface area contributed by atoms with Crippen LogP contribution in [0.5, 0.6) is 11.5 Å². The lowest BCUT2D eigenvalue weighted by Gasteiger charge is -2.34. The number of carbonyl (C=O) groups excluding carboxylic acids is 1. The fourth-order valence-electron chi connectivity index (χ4n) is 3.14. The number of guanidine groups is 1. The lowest BCUT2D eigenvalue weighted by molar-refractivity contribution is -0.149. The van der Waals surface area contributed by atoms with E-state index in [4.69, 9.17) is 14.2 Å². The van der Waals surface area contributed by atoms with Crippen LogP contribution in [0.1, 0.15) is 26.7 Å². The standard InChI is InChI=1S/C20H31N3O4/c1-5-26-19(24)16-8-7-11-23(14-16)20(21-3)22-13-15(2)27-18-10-6-9-17(12-18)25-4/h6,9-10,12,15-16H,5,7-8,11,13-14H2,1-4H3,(H,21,22). The van der Waals surface area contributed by atoms with E-state index in [0.29, 0.717) is 19.7 Å². The van der Waals surface area contributed by atoms with Gasteiger partial charge in [-0.3, -0.25) is 9.79 Å². The van der Waals surface area contributed by atoms with Crippen LogP contribution in [0.4, 0.5) is 0 Å². The summed E-state index contributed by atoms with van der Waals surface area (Å²) < 4.78 is 16.3. The van der Waals surface area contributed by atoms with Crippen LogP contribution in [0.15, 0.2) is 29.3 Å². The molecule has 2 atom stereocenters. The Balaban J connectivity index is 1.86. The number of ether oxygens (including phenoxy) is 3. The summed E-state index contributed by atoms with van der Waals surface area (Å²) in [5, 5.41) is 3.35. The van der Waals surface area contributed by atoms with Gasteiger partial charge in [0.15, 0.2) is 5.96 Å². The molecule has 1 saturated heterocycles. The number of hydrogen-bond donors (Lipinski definition) is 1. The van der Waals surface area contributed by atoms with Crippen LogP contribution in [0.3, 0.4) is 0 Å². The Morgan fingerprint density at radius 2 is 2.19 bits per heavy atom. The highest BCUT2D eigenvalue weighted by Gasteiger charge is 2.28. The Labute approximate surface area is 161 Å². The molecule has 150 valence electrons. The van der Waals surface area contributed by atoms with Crippen LogP contribution < -0.4 is 14.8 Å². The minimum absolute atomic E-state index is 0.0560. The van der Waals surface area contributed by atoms with E-state index in [1.807, 2.05) is 38.1 Å². The zero-order valence-corrected chi connectivity index (χ0v) is 16.7. The van der Waals surface area contributed by atoms with Gasteiger partial charge < -0.3 is 24.4 Å². The lowest BCUT2D eigenvalue weighted by Crippen LogP contribution is -2.49. The van der Waals surface area contributed by atoms with Crippen molar-refractivity contribution in [2.75, 3.05) is 40.4 Å². The van der Waals surface area contributed by atoms with Crippen molar-refractivity contribution < 1.29 is 19.0 Å². The third kappa shape index (κ3) is 6.34.